The topological polar surface area (TPSA) is 0 Å². The average Bonchev–Trinajstić information content (AvgIpc) is 1.86. The van der Waals surface area contributed by atoms with Gasteiger partial charge in [0.1, 0.15) is 0 Å². The Hall–Kier alpha value is -0.170. The van der Waals surface area contributed by atoms with Crippen molar-refractivity contribution < 1.29 is 0 Å². The maximum absolute atomic E-state index is 4.04. The summed E-state index contributed by atoms with van der Waals surface area (Å²) in [5, 5.41) is 2.11. The molecule has 0 atom stereocenters. The van der Waals surface area contributed by atoms with Crippen LogP contribution >= 0.6 is 11.8 Å². The van der Waals surface area contributed by atoms with E-state index in [2.05, 4.69) is 45.1 Å². The minimum atomic E-state index is 0.253. The highest BCUT2D eigenvalue weighted by Crippen LogP contribution is 2.26. The third-order valence-corrected chi connectivity index (χ3v) is 2.12. The molecule has 0 aliphatic rings. The molecule has 0 amide bonds. The van der Waals surface area contributed by atoms with E-state index < -0.39 is 0 Å². The summed E-state index contributed by atoms with van der Waals surface area (Å²) in [6.45, 7) is 10.6. The molecule has 0 saturated carbocycles. The van der Waals surface area contributed by atoms with Crippen LogP contribution in [0.5, 0.6) is 0 Å². The predicted octanol–water partition coefficient (Wildman–Crippen LogP) is 3.86. The summed E-state index contributed by atoms with van der Waals surface area (Å²) >= 11 is 1.73. The molecule has 0 rings (SSSR count). The van der Waals surface area contributed by atoms with Crippen LogP contribution in [0.1, 0.15) is 27.2 Å². The number of thioether (sulfide) groups is 1. The Kier molecular flexibility index (Phi) is 4.58. The van der Waals surface area contributed by atoms with Crippen molar-refractivity contribution >= 4 is 11.8 Å². The first-order valence-electron chi connectivity index (χ1n) is 3.84. The summed E-state index contributed by atoms with van der Waals surface area (Å²) in [6, 6.07) is 0. The molecule has 0 spiro atoms. The van der Waals surface area contributed by atoms with Gasteiger partial charge in [-0.1, -0.05) is 39.0 Å². The number of hydrogen-bond acceptors (Lipinski definition) is 1. The molecule has 0 N–H and O–H groups in total. The zero-order valence-corrected chi connectivity index (χ0v) is 8.79. The minimum Gasteiger partial charge on any atom is -0.138 e. The highest BCUT2D eigenvalue weighted by Gasteiger charge is 2.12. The maximum atomic E-state index is 4.04. The second-order valence-corrected chi connectivity index (χ2v) is 4.41. The standard InChI is InChI=1S/C10H18S/c1-9(10(2,3)4)7-6-8-11-5/h6,8H,1,7H2,2-5H3/b8-6-. The van der Waals surface area contributed by atoms with Gasteiger partial charge in [-0.3, -0.25) is 0 Å². The Labute approximate surface area is 74.8 Å². The minimum absolute atomic E-state index is 0.253. The Bertz CT molecular complexity index is 149. The van der Waals surface area contributed by atoms with E-state index in [4.69, 9.17) is 0 Å². The van der Waals surface area contributed by atoms with Gasteiger partial charge in [-0.2, -0.15) is 0 Å². The van der Waals surface area contributed by atoms with Gasteiger partial charge in [0.25, 0.3) is 0 Å². The molecule has 0 nitrogen and oxygen atoms in total. The Morgan fingerprint density at radius 1 is 1.45 bits per heavy atom. The lowest BCUT2D eigenvalue weighted by Crippen LogP contribution is -2.07. The third-order valence-electron chi connectivity index (χ3n) is 1.66. The maximum Gasteiger partial charge on any atom is -0.0128 e. The van der Waals surface area contributed by atoms with Gasteiger partial charge in [0, 0.05) is 0 Å². The highest BCUT2D eigenvalue weighted by atomic mass is 32.2. The molecule has 0 heterocycles. The second kappa shape index (κ2) is 4.66. The van der Waals surface area contributed by atoms with E-state index in [9.17, 15) is 0 Å². The van der Waals surface area contributed by atoms with E-state index in [1.165, 1.54) is 5.57 Å². The first-order valence-corrected chi connectivity index (χ1v) is 5.13. The van der Waals surface area contributed by atoms with Crippen LogP contribution < -0.4 is 0 Å². The smallest absolute Gasteiger partial charge is 0.0128 e. The monoisotopic (exact) mass is 170 g/mol. The molecule has 11 heavy (non-hydrogen) atoms. The Morgan fingerprint density at radius 3 is 2.36 bits per heavy atom. The average molecular weight is 170 g/mol. The van der Waals surface area contributed by atoms with Crippen molar-refractivity contribution in [3.05, 3.63) is 23.6 Å². The molecule has 0 aromatic carbocycles. The van der Waals surface area contributed by atoms with E-state index >= 15 is 0 Å². The summed E-state index contributed by atoms with van der Waals surface area (Å²) in [5.74, 6) is 0. The van der Waals surface area contributed by atoms with Crippen LogP contribution in [0.15, 0.2) is 23.6 Å². The summed E-state index contributed by atoms with van der Waals surface area (Å²) in [5.41, 5.74) is 1.55. The highest BCUT2D eigenvalue weighted by molar-refractivity contribution is 8.01. The van der Waals surface area contributed by atoms with Crippen LogP contribution in [0.2, 0.25) is 0 Å². The molecule has 0 bridgehead atoms. The van der Waals surface area contributed by atoms with Crippen LogP contribution in [-0.2, 0) is 0 Å². The van der Waals surface area contributed by atoms with Crippen LogP contribution in [0, 0.1) is 5.41 Å². The molecule has 0 aliphatic heterocycles. The summed E-state index contributed by atoms with van der Waals surface area (Å²) in [4.78, 5) is 0. The predicted molar refractivity (Wildman–Crippen MR) is 55.9 cm³/mol. The fraction of sp³-hybridized carbons (Fsp3) is 0.600. The van der Waals surface area contributed by atoms with Crippen molar-refractivity contribution in [2.75, 3.05) is 6.26 Å². The van der Waals surface area contributed by atoms with Gasteiger partial charge in [-0.25, -0.2) is 0 Å². The van der Waals surface area contributed by atoms with Gasteiger partial charge >= 0.3 is 0 Å². The van der Waals surface area contributed by atoms with Crippen LogP contribution in [0.4, 0.5) is 0 Å². The molecule has 0 aromatic heterocycles. The van der Waals surface area contributed by atoms with Gasteiger partial charge in [0.05, 0.1) is 0 Å². The molecule has 0 unspecified atom stereocenters. The molecule has 1 heteroatoms. The van der Waals surface area contributed by atoms with Gasteiger partial charge in [0.2, 0.25) is 0 Å². The lowest BCUT2D eigenvalue weighted by atomic mass is 9.86. The number of hydrogen-bond donors (Lipinski definition) is 0. The molecular weight excluding hydrogens is 152 g/mol. The first-order chi connectivity index (χ1) is 4.98. The van der Waals surface area contributed by atoms with Gasteiger partial charge in [-0.05, 0) is 23.5 Å². The fourth-order valence-corrected chi connectivity index (χ4v) is 0.881. The van der Waals surface area contributed by atoms with E-state index in [-0.39, 0.29) is 5.41 Å². The van der Waals surface area contributed by atoms with Crippen molar-refractivity contribution in [1.29, 1.82) is 0 Å². The van der Waals surface area contributed by atoms with E-state index in [0.29, 0.717) is 0 Å². The zero-order valence-electron chi connectivity index (χ0n) is 7.98. The van der Waals surface area contributed by atoms with Crippen molar-refractivity contribution in [1.82, 2.24) is 0 Å². The first kappa shape index (κ1) is 10.8. The van der Waals surface area contributed by atoms with Crippen LogP contribution in [-0.4, -0.2) is 6.26 Å². The molecule has 0 saturated heterocycles. The van der Waals surface area contributed by atoms with Crippen LogP contribution in [0.25, 0.3) is 0 Å². The fourth-order valence-electron chi connectivity index (χ4n) is 0.593. The second-order valence-electron chi connectivity index (χ2n) is 3.67. The third kappa shape index (κ3) is 5.14. The quantitative estimate of drug-likeness (QED) is 0.580. The van der Waals surface area contributed by atoms with Gasteiger partial charge in [0.15, 0.2) is 0 Å². The van der Waals surface area contributed by atoms with E-state index in [1.54, 1.807) is 11.8 Å². The number of rotatable bonds is 3. The normalized spacial score (nSPS) is 12.4. The van der Waals surface area contributed by atoms with Crippen molar-refractivity contribution in [3.8, 4) is 0 Å². The zero-order chi connectivity index (χ0) is 8.91. The number of allylic oxidation sites excluding steroid dienone is 2. The lowest BCUT2D eigenvalue weighted by molar-refractivity contribution is 0.496. The summed E-state index contributed by atoms with van der Waals surface area (Å²) in [6.07, 6.45) is 5.24. The van der Waals surface area contributed by atoms with Crippen molar-refractivity contribution in [3.63, 3.8) is 0 Å². The van der Waals surface area contributed by atoms with E-state index in [1.807, 2.05) is 0 Å². The molecule has 0 aromatic rings. The molecule has 64 valence electrons. The Balaban J connectivity index is 3.80. The molecule has 0 aliphatic carbocycles. The molecule has 0 fully saturated rings. The molecular formula is C10H18S. The SMILES string of the molecule is C=C(C/C=C\SC)C(C)(C)C. The van der Waals surface area contributed by atoms with Crippen molar-refractivity contribution in [2.45, 2.75) is 27.2 Å². The van der Waals surface area contributed by atoms with Crippen molar-refractivity contribution in [2.24, 2.45) is 5.41 Å². The van der Waals surface area contributed by atoms with Gasteiger partial charge < -0.3 is 0 Å². The van der Waals surface area contributed by atoms with Gasteiger partial charge in [-0.15, -0.1) is 11.8 Å². The summed E-state index contributed by atoms with van der Waals surface area (Å²) in [7, 11) is 0. The molecule has 0 radical (unpaired) electrons. The summed E-state index contributed by atoms with van der Waals surface area (Å²) < 4.78 is 0. The lowest BCUT2D eigenvalue weighted by Gasteiger charge is -2.20. The van der Waals surface area contributed by atoms with Crippen LogP contribution in [0.3, 0.4) is 0 Å². The Morgan fingerprint density at radius 2 is 2.00 bits per heavy atom. The largest absolute Gasteiger partial charge is 0.138 e. The van der Waals surface area contributed by atoms with E-state index in [0.717, 1.165) is 6.42 Å².